The van der Waals surface area contributed by atoms with Crippen molar-refractivity contribution in [2.75, 3.05) is 13.2 Å². The number of carbonyl (C=O) groups excluding carboxylic acids is 4. The molecule has 0 bridgehead atoms. The van der Waals surface area contributed by atoms with Crippen LogP contribution in [0, 0.1) is 5.92 Å². The normalized spacial score (nSPS) is 20.8. The number of esters is 4. The zero-order valence-corrected chi connectivity index (χ0v) is 30.1. The minimum atomic E-state index is -1.26. The Labute approximate surface area is 305 Å². The zero-order chi connectivity index (χ0) is 37.0. The van der Waals surface area contributed by atoms with Gasteiger partial charge in [0.1, 0.15) is 5.75 Å². The highest BCUT2D eigenvalue weighted by Gasteiger charge is 2.47. The summed E-state index contributed by atoms with van der Waals surface area (Å²) in [6.45, 7) is 8.96. The summed E-state index contributed by atoms with van der Waals surface area (Å²) < 4.78 is 32.5. The van der Waals surface area contributed by atoms with E-state index in [2.05, 4.69) is 30.8 Å². The Kier molecular flexibility index (Phi) is 13.8. The molecule has 1 aliphatic carbocycles. The molecule has 2 aliphatic rings. The Morgan fingerprint density at radius 1 is 0.808 bits per heavy atom. The van der Waals surface area contributed by atoms with Crippen molar-refractivity contribution >= 4 is 23.9 Å². The summed E-state index contributed by atoms with van der Waals surface area (Å²) in [6.07, 6.45) is 5.48. The van der Waals surface area contributed by atoms with E-state index >= 15 is 0 Å². The lowest BCUT2D eigenvalue weighted by Crippen LogP contribution is -2.39. The predicted molar refractivity (Wildman–Crippen MR) is 193 cm³/mol. The number of ether oxygens (including phenoxy) is 6. The van der Waals surface area contributed by atoms with Gasteiger partial charge >= 0.3 is 23.9 Å². The molecule has 3 aromatic rings. The molecule has 1 saturated heterocycles. The van der Waals surface area contributed by atoms with E-state index in [1.165, 1.54) is 37.3 Å². The van der Waals surface area contributed by atoms with E-state index in [0.29, 0.717) is 28.7 Å². The number of hydrogen-bond donors (Lipinski definition) is 0. The lowest BCUT2D eigenvalue weighted by atomic mass is 9.76. The molecule has 3 aromatic carbocycles. The first kappa shape index (κ1) is 38.4. The van der Waals surface area contributed by atoms with Gasteiger partial charge in [0.2, 0.25) is 0 Å². The fourth-order valence-electron chi connectivity index (χ4n) is 6.87. The molecular formula is C42H48O10. The molecule has 0 spiro atoms. The summed E-state index contributed by atoms with van der Waals surface area (Å²) in [4.78, 5) is 49.2. The molecule has 52 heavy (non-hydrogen) atoms. The third-order valence-corrected chi connectivity index (χ3v) is 9.54. The lowest BCUT2D eigenvalue weighted by molar-refractivity contribution is -0.163. The average molecular weight is 713 g/mol. The molecule has 0 amide bonds. The molecule has 2 fully saturated rings. The minimum absolute atomic E-state index is 0.0885. The van der Waals surface area contributed by atoms with Gasteiger partial charge in [0, 0.05) is 11.6 Å². The number of carbonyl (C=O) groups is 4. The highest BCUT2D eigenvalue weighted by Crippen LogP contribution is 2.39. The van der Waals surface area contributed by atoms with Crippen molar-refractivity contribution in [2.24, 2.45) is 5.92 Å². The van der Waals surface area contributed by atoms with Crippen LogP contribution in [0.1, 0.15) is 99.4 Å². The van der Waals surface area contributed by atoms with Crippen LogP contribution >= 0.6 is 0 Å². The SMILES string of the molecule is C=CC(=O)OC(C)CCCC1CCCC(c2ccc(-c3ccc(C(=O)Oc4ccc(C5O[C@@H](C(=O)OCC)[C@H](C(=O)OCC)O5)cc4)cc3)cc2)C1. The molecule has 10 nitrogen and oxygen atoms in total. The summed E-state index contributed by atoms with van der Waals surface area (Å²) in [7, 11) is 0. The molecule has 10 heteroatoms. The fraction of sp³-hybridized carbons (Fsp3) is 0.429. The van der Waals surface area contributed by atoms with Gasteiger partial charge in [-0.15, -0.1) is 0 Å². The zero-order valence-electron chi connectivity index (χ0n) is 30.1. The lowest BCUT2D eigenvalue weighted by Gasteiger charge is -2.30. The van der Waals surface area contributed by atoms with Crippen molar-refractivity contribution in [1.82, 2.24) is 0 Å². The molecule has 1 heterocycles. The number of benzene rings is 3. The van der Waals surface area contributed by atoms with Crippen molar-refractivity contribution in [3.05, 3.63) is 102 Å². The van der Waals surface area contributed by atoms with Crippen LogP contribution in [0.25, 0.3) is 11.1 Å². The second-order valence-corrected chi connectivity index (χ2v) is 13.2. The third-order valence-electron chi connectivity index (χ3n) is 9.54. The van der Waals surface area contributed by atoms with Crippen LogP contribution in [0.15, 0.2) is 85.5 Å². The van der Waals surface area contributed by atoms with Crippen LogP contribution in [-0.4, -0.2) is 55.4 Å². The summed E-state index contributed by atoms with van der Waals surface area (Å²) in [5.74, 6) is -0.768. The van der Waals surface area contributed by atoms with Crippen molar-refractivity contribution in [2.45, 2.75) is 96.2 Å². The maximum absolute atomic E-state index is 13.0. The first-order chi connectivity index (χ1) is 25.2. The summed E-state index contributed by atoms with van der Waals surface area (Å²) in [5.41, 5.74) is 4.36. The molecule has 3 unspecified atom stereocenters. The maximum atomic E-state index is 13.0. The molecule has 0 radical (unpaired) electrons. The monoisotopic (exact) mass is 712 g/mol. The van der Waals surface area contributed by atoms with Gasteiger partial charge in [0.15, 0.2) is 18.5 Å². The number of hydrogen-bond acceptors (Lipinski definition) is 10. The van der Waals surface area contributed by atoms with Gasteiger partial charge in [-0.3, -0.25) is 0 Å². The van der Waals surface area contributed by atoms with Crippen molar-refractivity contribution in [3.8, 4) is 16.9 Å². The predicted octanol–water partition coefficient (Wildman–Crippen LogP) is 8.04. The average Bonchev–Trinajstić information content (AvgIpc) is 3.62. The van der Waals surface area contributed by atoms with E-state index in [0.717, 1.165) is 30.4 Å². The van der Waals surface area contributed by atoms with E-state index in [1.54, 1.807) is 50.2 Å². The standard InChI is InChI=1S/C42H48O10/c1-5-36(43)49-27(4)10-8-11-28-12-9-13-34(26-28)31-16-14-29(15-17-31)30-18-20-32(21-19-30)39(44)50-35-24-22-33(23-25-35)42-51-37(40(45)47-6-2)38(52-42)41(46)48-7-3/h5,14-25,27-28,34,37-38,42H,1,6-13,26H2,2-4H3/t27?,28?,34?,37-,38-/m1/s1. The van der Waals surface area contributed by atoms with Gasteiger partial charge in [-0.25, -0.2) is 19.2 Å². The summed E-state index contributed by atoms with van der Waals surface area (Å²) in [6, 6.07) is 22.5. The van der Waals surface area contributed by atoms with Crippen molar-refractivity contribution in [1.29, 1.82) is 0 Å². The molecule has 0 aromatic heterocycles. The summed E-state index contributed by atoms with van der Waals surface area (Å²) in [5, 5.41) is 0. The van der Waals surface area contributed by atoms with Crippen LogP contribution in [-0.2, 0) is 38.1 Å². The number of rotatable bonds is 15. The van der Waals surface area contributed by atoms with E-state index in [1.807, 2.05) is 19.1 Å². The first-order valence-corrected chi connectivity index (χ1v) is 18.2. The van der Waals surface area contributed by atoms with Gasteiger partial charge in [0.05, 0.1) is 24.9 Å². The smallest absolute Gasteiger partial charge is 0.343 e. The van der Waals surface area contributed by atoms with Crippen LogP contribution in [0.5, 0.6) is 5.75 Å². The Hall–Kier alpha value is -4.80. The van der Waals surface area contributed by atoms with Crippen LogP contribution in [0.4, 0.5) is 0 Å². The molecule has 0 N–H and O–H groups in total. The Morgan fingerprint density at radius 3 is 1.96 bits per heavy atom. The fourth-order valence-corrected chi connectivity index (χ4v) is 6.87. The highest BCUT2D eigenvalue weighted by molar-refractivity contribution is 5.91. The Morgan fingerprint density at radius 2 is 1.38 bits per heavy atom. The molecule has 276 valence electrons. The second kappa shape index (κ2) is 18.6. The topological polar surface area (TPSA) is 124 Å². The van der Waals surface area contributed by atoms with Crippen LogP contribution in [0.3, 0.4) is 0 Å². The highest BCUT2D eigenvalue weighted by atomic mass is 16.8. The second-order valence-electron chi connectivity index (χ2n) is 13.2. The van der Waals surface area contributed by atoms with Gasteiger partial charge in [-0.2, -0.15) is 0 Å². The van der Waals surface area contributed by atoms with E-state index in [9.17, 15) is 19.2 Å². The van der Waals surface area contributed by atoms with Gasteiger partial charge in [0.25, 0.3) is 0 Å². The van der Waals surface area contributed by atoms with Crippen molar-refractivity contribution in [3.63, 3.8) is 0 Å². The largest absolute Gasteiger partial charge is 0.464 e. The maximum Gasteiger partial charge on any atom is 0.343 e. The quantitative estimate of drug-likeness (QED) is 0.0662. The van der Waals surface area contributed by atoms with E-state index < -0.39 is 36.4 Å². The van der Waals surface area contributed by atoms with Crippen LogP contribution < -0.4 is 4.74 Å². The summed E-state index contributed by atoms with van der Waals surface area (Å²) >= 11 is 0. The minimum Gasteiger partial charge on any atom is -0.464 e. The van der Waals surface area contributed by atoms with Crippen molar-refractivity contribution < 1.29 is 47.6 Å². The van der Waals surface area contributed by atoms with Crippen LogP contribution in [0.2, 0.25) is 0 Å². The van der Waals surface area contributed by atoms with E-state index in [-0.39, 0.29) is 25.3 Å². The van der Waals surface area contributed by atoms with Gasteiger partial charge in [-0.05, 0) is 99.2 Å². The van der Waals surface area contributed by atoms with Gasteiger partial charge < -0.3 is 28.4 Å². The molecule has 5 rings (SSSR count). The Balaban J connectivity index is 1.12. The molecule has 1 aliphatic heterocycles. The molecule has 5 atom stereocenters. The molecular weight excluding hydrogens is 664 g/mol. The van der Waals surface area contributed by atoms with Gasteiger partial charge in [-0.1, -0.05) is 74.4 Å². The first-order valence-electron chi connectivity index (χ1n) is 18.2. The third kappa shape index (κ3) is 10.2. The molecule has 1 saturated carbocycles. The Bertz CT molecular complexity index is 1640. The van der Waals surface area contributed by atoms with E-state index in [4.69, 9.17) is 28.4 Å².